The summed E-state index contributed by atoms with van der Waals surface area (Å²) >= 11 is 16.0. The number of halogens is 3. The van der Waals surface area contributed by atoms with Crippen molar-refractivity contribution in [2.45, 2.75) is 42.2 Å². The number of rotatable bonds is 2. The molecule has 0 saturated heterocycles. The van der Waals surface area contributed by atoms with Gasteiger partial charge in [-0.15, -0.1) is 0 Å². The van der Waals surface area contributed by atoms with Gasteiger partial charge in [0.1, 0.15) is 0 Å². The van der Waals surface area contributed by atoms with Crippen LogP contribution < -0.4 is 0 Å². The summed E-state index contributed by atoms with van der Waals surface area (Å²) in [4.78, 5) is 9.52. The Kier molecular flexibility index (Phi) is 4.41. The topological polar surface area (TPSA) is 18.5 Å². The first-order chi connectivity index (χ1) is 5.58. The van der Waals surface area contributed by atoms with Gasteiger partial charge >= 0.3 is 3.98 Å². The molecule has 0 bridgehead atoms. The summed E-state index contributed by atoms with van der Waals surface area (Å²) in [6, 6.07) is 0. The van der Waals surface area contributed by atoms with Crippen molar-refractivity contribution < 1.29 is 9.78 Å². The second-order valence-corrected chi connectivity index (χ2v) is 5.06. The quantitative estimate of drug-likeness (QED) is 0.412. The van der Waals surface area contributed by atoms with Crippen molar-refractivity contribution in [3.63, 3.8) is 0 Å². The third-order valence-electron chi connectivity index (χ3n) is 1.83. The molecule has 0 aromatic rings. The zero-order valence-electron chi connectivity index (χ0n) is 6.56. The van der Waals surface area contributed by atoms with E-state index in [1.54, 1.807) is 0 Å². The smallest absolute Gasteiger partial charge is 0.229 e. The van der Waals surface area contributed by atoms with Crippen molar-refractivity contribution in [1.82, 2.24) is 0 Å². The molecular formula is C7H11Cl3O2. The van der Waals surface area contributed by atoms with Gasteiger partial charge in [0.2, 0.25) is 0 Å². The van der Waals surface area contributed by atoms with Gasteiger partial charge in [0.15, 0.2) is 0 Å². The lowest BCUT2D eigenvalue weighted by Gasteiger charge is -2.22. The Bertz CT molecular complexity index is 129. The molecule has 0 spiro atoms. The summed E-state index contributed by atoms with van der Waals surface area (Å²) in [5.41, 5.74) is 0. The fourth-order valence-electron chi connectivity index (χ4n) is 1.28. The van der Waals surface area contributed by atoms with Gasteiger partial charge in [-0.3, -0.25) is 0 Å². The monoisotopic (exact) mass is 232 g/mol. The van der Waals surface area contributed by atoms with E-state index in [-0.39, 0.29) is 6.10 Å². The SMILES string of the molecule is ClC(Cl)(Cl)OOC1CCCCC1. The van der Waals surface area contributed by atoms with E-state index in [9.17, 15) is 0 Å². The molecule has 0 radical (unpaired) electrons. The van der Waals surface area contributed by atoms with Gasteiger partial charge in [-0.1, -0.05) is 54.1 Å². The van der Waals surface area contributed by atoms with Gasteiger partial charge in [0.05, 0.1) is 6.10 Å². The molecule has 0 aliphatic heterocycles. The highest BCUT2D eigenvalue weighted by Gasteiger charge is 2.25. The highest BCUT2D eigenvalue weighted by Crippen LogP contribution is 2.30. The molecule has 0 aromatic carbocycles. The molecule has 0 unspecified atom stereocenters. The molecule has 72 valence electrons. The fraction of sp³-hybridized carbons (Fsp3) is 1.00. The van der Waals surface area contributed by atoms with E-state index in [2.05, 4.69) is 4.89 Å². The lowest BCUT2D eigenvalue weighted by molar-refractivity contribution is -0.334. The van der Waals surface area contributed by atoms with E-state index >= 15 is 0 Å². The second-order valence-electron chi connectivity index (χ2n) is 2.89. The lowest BCUT2D eigenvalue weighted by Crippen LogP contribution is -2.21. The van der Waals surface area contributed by atoms with E-state index in [4.69, 9.17) is 39.7 Å². The standard InChI is InChI=1S/C7H11Cl3O2/c8-7(9,10)12-11-6-4-2-1-3-5-6/h6H,1-5H2. The summed E-state index contributed by atoms with van der Waals surface area (Å²) in [6.45, 7) is 0. The largest absolute Gasteiger partial charge is 0.326 e. The number of hydrogen-bond donors (Lipinski definition) is 0. The van der Waals surface area contributed by atoms with Crippen LogP contribution in [0.15, 0.2) is 0 Å². The zero-order chi connectivity index (χ0) is 9.03. The van der Waals surface area contributed by atoms with Crippen molar-refractivity contribution in [3.05, 3.63) is 0 Å². The van der Waals surface area contributed by atoms with Crippen LogP contribution in [0.4, 0.5) is 0 Å². The van der Waals surface area contributed by atoms with Crippen molar-refractivity contribution in [2.24, 2.45) is 0 Å². The van der Waals surface area contributed by atoms with E-state index in [1.807, 2.05) is 0 Å². The Morgan fingerprint density at radius 3 is 2.08 bits per heavy atom. The normalized spacial score (nSPS) is 21.2. The van der Waals surface area contributed by atoms with Gasteiger partial charge in [-0.05, 0) is 12.8 Å². The molecule has 1 aliphatic rings. The maximum absolute atomic E-state index is 5.34. The van der Waals surface area contributed by atoms with Crippen LogP contribution in [0.3, 0.4) is 0 Å². The molecule has 2 nitrogen and oxygen atoms in total. The van der Waals surface area contributed by atoms with Crippen LogP contribution in [0.1, 0.15) is 32.1 Å². The molecular weight excluding hydrogens is 222 g/mol. The molecule has 1 aliphatic carbocycles. The first kappa shape index (κ1) is 10.9. The van der Waals surface area contributed by atoms with Crippen LogP contribution in [-0.2, 0) is 9.78 Å². The van der Waals surface area contributed by atoms with Crippen molar-refractivity contribution in [3.8, 4) is 0 Å². The van der Waals surface area contributed by atoms with E-state index in [0.717, 1.165) is 25.7 Å². The molecule has 0 heterocycles. The predicted molar refractivity (Wildman–Crippen MR) is 49.3 cm³/mol. The molecule has 0 atom stereocenters. The summed E-state index contributed by atoms with van der Waals surface area (Å²) in [6.07, 6.45) is 5.64. The van der Waals surface area contributed by atoms with Crippen LogP contribution in [0.2, 0.25) is 0 Å². The van der Waals surface area contributed by atoms with Gasteiger partial charge in [0.25, 0.3) is 0 Å². The maximum atomic E-state index is 5.34. The van der Waals surface area contributed by atoms with E-state index < -0.39 is 3.98 Å². The van der Waals surface area contributed by atoms with Gasteiger partial charge < -0.3 is 0 Å². The Balaban J connectivity index is 2.13. The van der Waals surface area contributed by atoms with Gasteiger partial charge in [-0.2, -0.15) is 4.89 Å². The fourth-order valence-corrected chi connectivity index (χ4v) is 1.39. The molecule has 12 heavy (non-hydrogen) atoms. The van der Waals surface area contributed by atoms with Crippen LogP contribution in [0.5, 0.6) is 0 Å². The third kappa shape index (κ3) is 4.73. The van der Waals surface area contributed by atoms with Gasteiger partial charge in [-0.25, -0.2) is 4.89 Å². The molecule has 1 saturated carbocycles. The molecule has 0 aromatic heterocycles. The lowest BCUT2D eigenvalue weighted by atomic mass is 9.98. The van der Waals surface area contributed by atoms with E-state index in [1.165, 1.54) is 6.42 Å². The molecule has 1 rings (SSSR count). The predicted octanol–water partition coefficient (Wildman–Crippen LogP) is 3.60. The van der Waals surface area contributed by atoms with Crippen LogP contribution >= 0.6 is 34.8 Å². The summed E-state index contributed by atoms with van der Waals surface area (Å²) in [5, 5.41) is 0. The Morgan fingerprint density at radius 1 is 1.00 bits per heavy atom. The average Bonchev–Trinajstić information content (AvgIpc) is 2.02. The molecule has 1 fully saturated rings. The Labute approximate surface area is 87.0 Å². The number of alkyl halides is 3. The maximum Gasteiger partial charge on any atom is 0.326 e. The van der Waals surface area contributed by atoms with Gasteiger partial charge in [0, 0.05) is 0 Å². The first-order valence-corrected chi connectivity index (χ1v) is 5.12. The molecule has 5 heteroatoms. The summed E-state index contributed by atoms with van der Waals surface area (Å²) < 4.78 is -1.75. The highest BCUT2D eigenvalue weighted by molar-refractivity contribution is 6.66. The minimum Gasteiger partial charge on any atom is -0.229 e. The second kappa shape index (κ2) is 4.87. The first-order valence-electron chi connectivity index (χ1n) is 3.99. The minimum absolute atomic E-state index is 0.0920. The van der Waals surface area contributed by atoms with Crippen LogP contribution in [0, 0.1) is 0 Å². The Morgan fingerprint density at radius 2 is 1.58 bits per heavy atom. The average molecular weight is 234 g/mol. The van der Waals surface area contributed by atoms with Crippen LogP contribution in [0.25, 0.3) is 0 Å². The van der Waals surface area contributed by atoms with Crippen molar-refractivity contribution in [1.29, 1.82) is 0 Å². The summed E-state index contributed by atoms with van der Waals surface area (Å²) in [5.74, 6) is 0. The van der Waals surface area contributed by atoms with Crippen molar-refractivity contribution in [2.75, 3.05) is 0 Å². The minimum atomic E-state index is -1.75. The molecule has 0 N–H and O–H groups in total. The van der Waals surface area contributed by atoms with Crippen molar-refractivity contribution >= 4 is 34.8 Å². The Hall–Kier alpha value is 0.790. The summed E-state index contributed by atoms with van der Waals surface area (Å²) in [7, 11) is 0. The number of hydrogen-bond acceptors (Lipinski definition) is 2. The van der Waals surface area contributed by atoms with E-state index in [0.29, 0.717) is 0 Å². The zero-order valence-corrected chi connectivity index (χ0v) is 8.83. The third-order valence-corrected chi connectivity index (χ3v) is 2.02. The highest BCUT2D eigenvalue weighted by atomic mass is 35.6. The molecule has 0 amide bonds. The van der Waals surface area contributed by atoms with Crippen LogP contribution in [-0.4, -0.2) is 10.1 Å².